The van der Waals surface area contributed by atoms with E-state index in [1.54, 1.807) is 30.1 Å². The number of hydrogen-bond acceptors (Lipinski definition) is 8. The Morgan fingerprint density at radius 1 is 1.43 bits per heavy atom. The van der Waals surface area contributed by atoms with Crippen molar-refractivity contribution >= 4 is 30.6 Å². The molecule has 0 saturated heterocycles. The highest BCUT2D eigenvalue weighted by Gasteiger charge is 2.37. The lowest BCUT2D eigenvalue weighted by Crippen LogP contribution is -2.36. The molecule has 0 bridgehead atoms. The van der Waals surface area contributed by atoms with Gasteiger partial charge in [-0.3, -0.25) is 4.79 Å². The molecule has 1 aliphatic heterocycles. The fourth-order valence-corrected chi connectivity index (χ4v) is 3.76. The van der Waals surface area contributed by atoms with Crippen LogP contribution in [-0.4, -0.2) is 56.3 Å². The van der Waals surface area contributed by atoms with E-state index in [2.05, 4.69) is 10.3 Å². The number of fused-ring (bicyclic) bond motifs is 1. The van der Waals surface area contributed by atoms with Crippen LogP contribution in [0.25, 0.3) is 0 Å². The second-order valence-electron chi connectivity index (χ2n) is 6.56. The topological polar surface area (TPSA) is 141 Å². The smallest absolute Gasteiger partial charge is 0.526 e. The number of aromatic carboxylic acids is 1. The fraction of sp³-hybridized carbons (Fsp3) is 0.412. The first-order chi connectivity index (χ1) is 13.5. The molecular formula is C17H21BN4O5S. The largest absolute Gasteiger partial charge is 0.535 e. The molecule has 148 valence electrons. The molecule has 11 heteroatoms. The number of carboxylic acid groups (broad SMARTS) is 1. The average molecular weight is 404 g/mol. The third-order valence-corrected chi connectivity index (χ3v) is 5.40. The van der Waals surface area contributed by atoms with Gasteiger partial charge in [-0.1, -0.05) is 17.3 Å². The molecule has 1 aromatic carbocycles. The SMILES string of the molecule is NCCSCc1cn(CC(=O)C[C@H]2Cc3cccc(C(=O)O)c3OB2O)nn1. The Kier molecular flexibility index (Phi) is 6.71. The van der Waals surface area contributed by atoms with Gasteiger partial charge in [0.05, 0.1) is 11.3 Å². The van der Waals surface area contributed by atoms with Gasteiger partial charge >= 0.3 is 13.1 Å². The summed E-state index contributed by atoms with van der Waals surface area (Å²) in [4.78, 5) is 23.7. The molecule has 2 aromatic rings. The summed E-state index contributed by atoms with van der Waals surface area (Å²) in [7, 11) is -1.24. The molecule has 0 unspecified atom stereocenters. The first kappa shape index (κ1) is 20.4. The highest BCUT2D eigenvalue weighted by molar-refractivity contribution is 7.98. The highest BCUT2D eigenvalue weighted by atomic mass is 32.2. The Hall–Kier alpha value is -2.37. The van der Waals surface area contributed by atoms with Crippen molar-refractivity contribution in [2.24, 2.45) is 5.73 Å². The van der Waals surface area contributed by atoms with E-state index in [4.69, 9.17) is 10.4 Å². The van der Waals surface area contributed by atoms with Crippen molar-refractivity contribution in [1.82, 2.24) is 15.0 Å². The van der Waals surface area contributed by atoms with Gasteiger partial charge in [-0.15, -0.1) is 5.10 Å². The van der Waals surface area contributed by atoms with Crippen LogP contribution in [0.2, 0.25) is 5.82 Å². The number of carbonyl (C=O) groups is 2. The molecule has 4 N–H and O–H groups in total. The molecule has 1 atom stereocenters. The van der Waals surface area contributed by atoms with Crippen LogP contribution in [-0.2, 0) is 23.5 Å². The van der Waals surface area contributed by atoms with E-state index >= 15 is 0 Å². The number of benzene rings is 1. The molecule has 0 saturated carbocycles. The van der Waals surface area contributed by atoms with Gasteiger partial charge in [-0.05, 0) is 18.1 Å². The van der Waals surface area contributed by atoms with Gasteiger partial charge < -0.3 is 20.5 Å². The second kappa shape index (κ2) is 9.22. The maximum atomic E-state index is 12.4. The van der Waals surface area contributed by atoms with E-state index in [9.17, 15) is 19.7 Å². The summed E-state index contributed by atoms with van der Waals surface area (Å²) in [6, 6.07) is 4.79. The van der Waals surface area contributed by atoms with Crippen molar-refractivity contribution in [1.29, 1.82) is 0 Å². The Labute approximate surface area is 166 Å². The zero-order valence-corrected chi connectivity index (χ0v) is 16.0. The van der Waals surface area contributed by atoms with E-state index in [0.29, 0.717) is 24.3 Å². The fourth-order valence-electron chi connectivity index (χ4n) is 3.11. The molecule has 3 rings (SSSR count). The molecule has 1 aromatic heterocycles. The Balaban J connectivity index is 1.59. The number of aromatic nitrogens is 3. The van der Waals surface area contributed by atoms with Gasteiger partial charge in [0.2, 0.25) is 0 Å². The van der Waals surface area contributed by atoms with Crippen molar-refractivity contribution in [3.63, 3.8) is 0 Å². The maximum Gasteiger partial charge on any atom is 0.526 e. The molecule has 0 amide bonds. The van der Waals surface area contributed by atoms with Crippen LogP contribution in [0.15, 0.2) is 24.4 Å². The van der Waals surface area contributed by atoms with Crippen LogP contribution in [0.1, 0.15) is 28.0 Å². The van der Waals surface area contributed by atoms with E-state index < -0.39 is 18.9 Å². The third-order valence-electron chi connectivity index (χ3n) is 4.38. The molecule has 28 heavy (non-hydrogen) atoms. The van der Waals surface area contributed by atoms with E-state index in [0.717, 1.165) is 11.4 Å². The number of para-hydroxylation sites is 1. The minimum Gasteiger partial charge on any atom is -0.535 e. The Morgan fingerprint density at radius 2 is 2.25 bits per heavy atom. The zero-order valence-electron chi connectivity index (χ0n) is 15.2. The molecule has 0 spiro atoms. The number of rotatable bonds is 9. The average Bonchev–Trinajstić information content (AvgIpc) is 3.09. The summed E-state index contributed by atoms with van der Waals surface area (Å²) < 4.78 is 6.90. The molecule has 0 fully saturated rings. The lowest BCUT2D eigenvalue weighted by molar-refractivity contribution is -0.120. The molecule has 0 radical (unpaired) electrons. The van der Waals surface area contributed by atoms with E-state index in [1.807, 2.05) is 0 Å². The van der Waals surface area contributed by atoms with Gasteiger partial charge in [-0.25, -0.2) is 9.48 Å². The van der Waals surface area contributed by atoms with Gasteiger partial charge in [-0.2, -0.15) is 11.8 Å². The van der Waals surface area contributed by atoms with Gasteiger partial charge in [0.25, 0.3) is 0 Å². The van der Waals surface area contributed by atoms with Gasteiger partial charge in [0.1, 0.15) is 12.3 Å². The Morgan fingerprint density at radius 3 is 3.00 bits per heavy atom. The second-order valence-corrected chi connectivity index (χ2v) is 7.67. The number of ketones is 1. The summed E-state index contributed by atoms with van der Waals surface area (Å²) in [6.45, 7) is 0.653. The van der Waals surface area contributed by atoms with Crippen molar-refractivity contribution in [3.8, 4) is 5.75 Å². The Bertz CT molecular complexity index is 862. The lowest BCUT2D eigenvalue weighted by atomic mass is 9.64. The number of carbonyl (C=O) groups excluding carboxylic acids is 1. The number of thioether (sulfide) groups is 1. The molecular weight excluding hydrogens is 383 g/mol. The van der Waals surface area contributed by atoms with E-state index in [1.165, 1.54) is 10.7 Å². The predicted octanol–water partition coefficient (Wildman–Crippen LogP) is 0.613. The van der Waals surface area contributed by atoms with Crippen molar-refractivity contribution in [3.05, 3.63) is 41.2 Å². The van der Waals surface area contributed by atoms with Crippen LogP contribution in [0.5, 0.6) is 5.75 Å². The summed E-state index contributed by atoms with van der Waals surface area (Å²) >= 11 is 1.65. The summed E-state index contributed by atoms with van der Waals surface area (Å²) in [5.41, 5.74) is 6.90. The quantitative estimate of drug-likeness (QED) is 0.405. The van der Waals surface area contributed by atoms with Crippen LogP contribution < -0.4 is 10.4 Å². The van der Waals surface area contributed by atoms with Crippen LogP contribution in [0.4, 0.5) is 0 Å². The minimum absolute atomic E-state index is 0.00368. The molecule has 9 nitrogen and oxygen atoms in total. The summed E-state index contributed by atoms with van der Waals surface area (Å²) in [5.74, 6) is -0.00403. The van der Waals surface area contributed by atoms with Crippen LogP contribution >= 0.6 is 11.8 Å². The third kappa shape index (κ3) is 4.92. The number of Topliss-reactive ketones (excluding diaryl/α,β-unsaturated/α-hetero) is 1. The van der Waals surface area contributed by atoms with E-state index in [-0.39, 0.29) is 30.1 Å². The number of nitrogens with zero attached hydrogens (tertiary/aromatic N) is 3. The molecule has 0 aliphatic carbocycles. The number of carboxylic acids is 1. The summed E-state index contributed by atoms with van der Waals surface area (Å²) in [5, 5.41) is 27.5. The van der Waals surface area contributed by atoms with Gasteiger partial charge in [0, 0.05) is 36.5 Å². The molecule has 1 aliphatic rings. The van der Waals surface area contributed by atoms with Crippen LogP contribution in [0.3, 0.4) is 0 Å². The standard InChI is InChI=1S/C17H21BN4O5S/c19-4-5-28-10-13-8-22(21-20-13)9-14(23)7-12-6-11-2-1-3-15(17(24)25)16(11)27-18(12)26/h1-3,8,12,26H,4-7,9-10,19H2,(H,24,25)/t12-/m1/s1. The zero-order chi connectivity index (χ0) is 20.1. The summed E-state index contributed by atoms with van der Waals surface area (Å²) in [6.07, 6.45) is 2.18. The first-order valence-electron chi connectivity index (χ1n) is 8.86. The number of hydrogen-bond donors (Lipinski definition) is 3. The van der Waals surface area contributed by atoms with Crippen LogP contribution in [0, 0.1) is 0 Å². The normalized spacial score (nSPS) is 15.8. The van der Waals surface area contributed by atoms with Crippen molar-refractivity contribution in [2.75, 3.05) is 12.3 Å². The maximum absolute atomic E-state index is 12.4. The van der Waals surface area contributed by atoms with Crippen molar-refractivity contribution in [2.45, 2.75) is 31.0 Å². The minimum atomic E-state index is -1.24. The molecule has 2 heterocycles. The highest BCUT2D eigenvalue weighted by Crippen LogP contribution is 2.36. The number of nitrogens with two attached hydrogens (primary N) is 1. The lowest BCUT2D eigenvalue weighted by Gasteiger charge is -2.27. The van der Waals surface area contributed by atoms with Crippen molar-refractivity contribution < 1.29 is 24.4 Å². The predicted molar refractivity (Wildman–Crippen MR) is 104 cm³/mol. The van der Waals surface area contributed by atoms with Gasteiger partial charge in [0.15, 0.2) is 5.78 Å². The first-order valence-corrected chi connectivity index (χ1v) is 10.0. The monoisotopic (exact) mass is 404 g/mol.